The van der Waals surface area contributed by atoms with E-state index in [2.05, 4.69) is 15.9 Å². The second-order valence-electron chi connectivity index (χ2n) is 5.83. The van der Waals surface area contributed by atoms with Gasteiger partial charge in [-0.25, -0.2) is 0 Å². The molecule has 0 bridgehead atoms. The number of halogens is 1. The van der Waals surface area contributed by atoms with Gasteiger partial charge in [-0.05, 0) is 58.2 Å². The summed E-state index contributed by atoms with van der Waals surface area (Å²) in [6, 6.07) is 11.5. The lowest BCUT2D eigenvalue weighted by Crippen LogP contribution is -2.10. The zero-order valence-corrected chi connectivity index (χ0v) is 16.0. The lowest BCUT2D eigenvalue weighted by molar-refractivity contribution is -0.142. The van der Waals surface area contributed by atoms with E-state index in [1.807, 2.05) is 36.4 Å². The van der Waals surface area contributed by atoms with Gasteiger partial charge in [0.15, 0.2) is 0 Å². The van der Waals surface area contributed by atoms with Crippen LogP contribution in [-0.2, 0) is 29.1 Å². The van der Waals surface area contributed by atoms with Gasteiger partial charge in [-0.2, -0.15) is 0 Å². The number of ether oxygens (including phenoxy) is 2. The fourth-order valence-electron chi connectivity index (χ4n) is 2.71. The van der Waals surface area contributed by atoms with Crippen LogP contribution in [0.25, 0.3) is 11.0 Å². The highest BCUT2D eigenvalue weighted by atomic mass is 79.9. The van der Waals surface area contributed by atoms with Gasteiger partial charge in [0.2, 0.25) is 0 Å². The highest BCUT2D eigenvalue weighted by molar-refractivity contribution is 9.10. The number of furan rings is 1. The van der Waals surface area contributed by atoms with Crippen molar-refractivity contribution in [3.8, 4) is 5.75 Å². The van der Waals surface area contributed by atoms with Gasteiger partial charge in [0.05, 0.1) is 23.8 Å². The van der Waals surface area contributed by atoms with Crippen LogP contribution in [0.1, 0.15) is 23.6 Å². The smallest absolute Gasteiger partial charge is 0.310 e. The first-order chi connectivity index (χ1) is 12.6. The lowest BCUT2D eigenvalue weighted by atomic mass is 10.1. The SMILES string of the molecule is CCOC(=O)Cc1ccc(CN)cc1OCc1cc(Br)c2occc2c1. The number of rotatable bonds is 7. The Kier molecular flexibility index (Phi) is 5.96. The van der Waals surface area contributed by atoms with E-state index in [0.717, 1.165) is 32.1 Å². The number of benzene rings is 2. The molecule has 0 aliphatic carbocycles. The Morgan fingerprint density at radius 3 is 2.81 bits per heavy atom. The second-order valence-corrected chi connectivity index (χ2v) is 6.69. The van der Waals surface area contributed by atoms with Crippen LogP contribution in [0.4, 0.5) is 0 Å². The third-order valence-corrected chi connectivity index (χ3v) is 4.56. The molecule has 0 saturated heterocycles. The normalized spacial score (nSPS) is 10.9. The summed E-state index contributed by atoms with van der Waals surface area (Å²) in [6.07, 6.45) is 1.82. The van der Waals surface area contributed by atoms with Gasteiger partial charge in [0.1, 0.15) is 17.9 Å². The fraction of sp³-hybridized carbons (Fsp3) is 0.250. The minimum absolute atomic E-state index is 0.165. The molecule has 0 atom stereocenters. The molecule has 136 valence electrons. The average molecular weight is 418 g/mol. The molecule has 0 radical (unpaired) electrons. The standard InChI is InChI=1S/C20H20BrNO4/c1-2-24-19(23)10-15-4-3-13(11-22)9-18(15)26-12-14-7-16-5-6-25-20(16)17(21)8-14/h3-9H,2,10-12,22H2,1H3. The number of esters is 1. The summed E-state index contributed by atoms with van der Waals surface area (Å²) in [7, 11) is 0. The van der Waals surface area contributed by atoms with Crippen LogP contribution in [0.3, 0.4) is 0 Å². The predicted molar refractivity (Wildman–Crippen MR) is 103 cm³/mol. The first-order valence-corrected chi connectivity index (χ1v) is 9.16. The van der Waals surface area contributed by atoms with Crippen LogP contribution in [0.15, 0.2) is 51.6 Å². The number of nitrogens with two attached hydrogens (primary N) is 1. The minimum atomic E-state index is -0.277. The number of carbonyl (C=O) groups excluding carboxylic acids is 1. The molecule has 0 saturated carbocycles. The number of hydrogen-bond donors (Lipinski definition) is 1. The van der Waals surface area contributed by atoms with Crippen molar-refractivity contribution in [3.63, 3.8) is 0 Å². The van der Waals surface area contributed by atoms with Gasteiger partial charge in [0, 0.05) is 17.5 Å². The molecule has 3 rings (SSSR count). The van der Waals surface area contributed by atoms with E-state index in [9.17, 15) is 4.79 Å². The molecule has 1 aromatic heterocycles. The topological polar surface area (TPSA) is 74.7 Å². The summed E-state index contributed by atoms with van der Waals surface area (Å²) < 4.78 is 17.4. The van der Waals surface area contributed by atoms with Crippen molar-refractivity contribution in [2.75, 3.05) is 6.61 Å². The Morgan fingerprint density at radius 2 is 2.04 bits per heavy atom. The van der Waals surface area contributed by atoms with Crippen LogP contribution in [0, 0.1) is 0 Å². The maximum absolute atomic E-state index is 11.8. The summed E-state index contributed by atoms with van der Waals surface area (Å²) in [6.45, 7) is 2.91. The van der Waals surface area contributed by atoms with Gasteiger partial charge >= 0.3 is 5.97 Å². The zero-order valence-electron chi connectivity index (χ0n) is 14.5. The Bertz CT molecular complexity index is 919. The van der Waals surface area contributed by atoms with Gasteiger partial charge in [-0.3, -0.25) is 4.79 Å². The zero-order chi connectivity index (χ0) is 18.5. The Labute approximate surface area is 160 Å². The molecule has 1 heterocycles. The molecule has 0 fully saturated rings. The van der Waals surface area contributed by atoms with Crippen molar-refractivity contribution >= 4 is 32.9 Å². The molecule has 2 aromatic carbocycles. The van der Waals surface area contributed by atoms with E-state index in [0.29, 0.717) is 25.5 Å². The number of fused-ring (bicyclic) bond motifs is 1. The first-order valence-electron chi connectivity index (χ1n) is 8.36. The monoisotopic (exact) mass is 417 g/mol. The molecule has 0 spiro atoms. The van der Waals surface area contributed by atoms with Crippen molar-refractivity contribution in [1.29, 1.82) is 0 Å². The molecule has 0 unspecified atom stereocenters. The van der Waals surface area contributed by atoms with Crippen molar-refractivity contribution < 1.29 is 18.7 Å². The van der Waals surface area contributed by atoms with Gasteiger partial charge < -0.3 is 19.6 Å². The molecule has 0 aliphatic heterocycles. The molecular weight excluding hydrogens is 398 g/mol. The molecule has 5 nitrogen and oxygen atoms in total. The van der Waals surface area contributed by atoms with Crippen LogP contribution in [0.2, 0.25) is 0 Å². The summed E-state index contributed by atoms with van der Waals surface area (Å²) in [5.41, 5.74) is 9.26. The molecule has 26 heavy (non-hydrogen) atoms. The average Bonchev–Trinajstić information content (AvgIpc) is 3.10. The van der Waals surface area contributed by atoms with E-state index >= 15 is 0 Å². The minimum Gasteiger partial charge on any atom is -0.489 e. The van der Waals surface area contributed by atoms with Gasteiger partial charge in [-0.15, -0.1) is 0 Å². The van der Waals surface area contributed by atoms with Crippen LogP contribution in [0.5, 0.6) is 5.75 Å². The maximum atomic E-state index is 11.8. The van der Waals surface area contributed by atoms with Crippen LogP contribution >= 0.6 is 15.9 Å². The third kappa shape index (κ3) is 4.26. The Hall–Kier alpha value is -2.31. The summed E-state index contributed by atoms with van der Waals surface area (Å²) >= 11 is 3.51. The Balaban J connectivity index is 1.81. The molecular formula is C20H20BrNO4. The Morgan fingerprint density at radius 1 is 1.19 bits per heavy atom. The summed E-state index contributed by atoms with van der Waals surface area (Å²) in [5, 5.41) is 1.00. The van der Waals surface area contributed by atoms with Crippen LogP contribution < -0.4 is 10.5 Å². The van der Waals surface area contributed by atoms with Crippen molar-refractivity contribution in [3.05, 3.63) is 63.8 Å². The second kappa shape index (κ2) is 8.38. The number of hydrogen-bond acceptors (Lipinski definition) is 5. The van der Waals surface area contributed by atoms with Gasteiger partial charge in [-0.1, -0.05) is 12.1 Å². The highest BCUT2D eigenvalue weighted by Gasteiger charge is 2.12. The fourth-order valence-corrected chi connectivity index (χ4v) is 3.33. The van der Waals surface area contributed by atoms with Crippen LogP contribution in [-0.4, -0.2) is 12.6 Å². The highest BCUT2D eigenvalue weighted by Crippen LogP contribution is 2.28. The van der Waals surface area contributed by atoms with Crippen molar-refractivity contribution in [2.24, 2.45) is 5.73 Å². The van der Waals surface area contributed by atoms with Crippen molar-refractivity contribution in [1.82, 2.24) is 0 Å². The lowest BCUT2D eigenvalue weighted by Gasteiger charge is -2.13. The predicted octanol–water partition coefficient (Wildman–Crippen LogP) is 4.34. The summed E-state index contributed by atoms with van der Waals surface area (Å²) in [5.74, 6) is 0.366. The quantitative estimate of drug-likeness (QED) is 0.578. The van der Waals surface area contributed by atoms with E-state index in [-0.39, 0.29) is 12.4 Å². The van der Waals surface area contributed by atoms with Crippen molar-refractivity contribution in [2.45, 2.75) is 26.5 Å². The summed E-state index contributed by atoms with van der Waals surface area (Å²) in [4.78, 5) is 11.8. The van der Waals surface area contributed by atoms with E-state index in [4.69, 9.17) is 19.6 Å². The van der Waals surface area contributed by atoms with E-state index < -0.39 is 0 Å². The molecule has 0 aliphatic rings. The molecule has 2 N–H and O–H groups in total. The maximum Gasteiger partial charge on any atom is 0.310 e. The van der Waals surface area contributed by atoms with E-state index in [1.165, 1.54) is 0 Å². The third-order valence-electron chi connectivity index (χ3n) is 3.97. The van der Waals surface area contributed by atoms with E-state index in [1.54, 1.807) is 13.2 Å². The largest absolute Gasteiger partial charge is 0.489 e. The molecule has 6 heteroatoms. The molecule has 3 aromatic rings. The number of carbonyl (C=O) groups is 1. The van der Waals surface area contributed by atoms with Gasteiger partial charge in [0.25, 0.3) is 0 Å². The molecule has 0 amide bonds. The first kappa shape index (κ1) is 18.5.